The van der Waals surface area contributed by atoms with Gasteiger partial charge in [0.1, 0.15) is 5.58 Å². The van der Waals surface area contributed by atoms with E-state index in [1.165, 1.54) is 0 Å². The first kappa shape index (κ1) is 16.8. The fraction of sp³-hybridized carbons (Fsp3) is 0.182. The van der Waals surface area contributed by atoms with Crippen LogP contribution < -0.4 is 5.43 Å². The largest absolute Gasteiger partial charge is 0.464 e. The maximum absolute atomic E-state index is 12.7. The third-order valence-corrected chi connectivity index (χ3v) is 5.08. The molecule has 0 saturated carbocycles. The average molecular weight is 370 g/mol. The Bertz CT molecular complexity index is 1200. The molecule has 5 rings (SSSR count). The molecule has 28 heavy (non-hydrogen) atoms. The van der Waals surface area contributed by atoms with Gasteiger partial charge in [0, 0.05) is 61.3 Å². The number of hydrogen-bond donors (Lipinski definition) is 0. The standard InChI is InChI=1S/C22H18N4O2/c27-21-17(14-28-20-6-2-1-5-18(20)21)13-26-9-7-19-16(12-26)11-24-22(25-19)15-4-3-8-23-10-15/h1-6,8,10-11,14H,7,9,12-13H2. The fourth-order valence-corrected chi connectivity index (χ4v) is 3.61. The Morgan fingerprint density at radius 1 is 1.11 bits per heavy atom. The summed E-state index contributed by atoms with van der Waals surface area (Å²) in [5.41, 5.74) is 4.42. The van der Waals surface area contributed by atoms with Crippen molar-refractivity contribution in [1.82, 2.24) is 19.9 Å². The fourth-order valence-electron chi connectivity index (χ4n) is 3.61. The number of para-hydroxylation sites is 1. The molecule has 0 atom stereocenters. The van der Waals surface area contributed by atoms with Gasteiger partial charge in [-0.1, -0.05) is 12.1 Å². The van der Waals surface area contributed by atoms with Crippen molar-refractivity contribution in [3.05, 3.63) is 88.3 Å². The molecule has 6 heteroatoms. The highest BCUT2D eigenvalue weighted by Gasteiger charge is 2.20. The smallest absolute Gasteiger partial charge is 0.197 e. The van der Waals surface area contributed by atoms with Crippen LogP contribution in [0.5, 0.6) is 0 Å². The minimum absolute atomic E-state index is 0.0378. The van der Waals surface area contributed by atoms with E-state index < -0.39 is 0 Å². The highest BCUT2D eigenvalue weighted by atomic mass is 16.3. The summed E-state index contributed by atoms with van der Waals surface area (Å²) in [5, 5.41) is 0.627. The van der Waals surface area contributed by atoms with Gasteiger partial charge in [-0.3, -0.25) is 14.7 Å². The average Bonchev–Trinajstić information content (AvgIpc) is 2.76. The minimum atomic E-state index is 0.0378. The van der Waals surface area contributed by atoms with Gasteiger partial charge in [0.25, 0.3) is 0 Å². The van der Waals surface area contributed by atoms with Crippen LogP contribution in [0.15, 0.2) is 70.5 Å². The molecule has 0 unspecified atom stereocenters. The van der Waals surface area contributed by atoms with Crippen molar-refractivity contribution in [3.63, 3.8) is 0 Å². The number of pyridine rings is 1. The maximum Gasteiger partial charge on any atom is 0.197 e. The molecule has 0 aliphatic carbocycles. The summed E-state index contributed by atoms with van der Waals surface area (Å²) in [4.78, 5) is 28.3. The zero-order valence-electron chi connectivity index (χ0n) is 15.2. The molecule has 0 N–H and O–H groups in total. The van der Waals surface area contributed by atoms with Gasteiger partial charge < -0.3 is 4.42 Å². The van der Waals surface area contributed by atoms with Crippen LogP contribution in [-0.2, 0) is 19.5 Å². The van der Waals surface area contributed by atoms with Gasteiger partial charge in [-0.2, -0.15) is 0 Å². The molecule has 0 amide bonds. The van der Waals surface area contributed by atoms with Crippen LogP contribution in [0.25, 0.3) is 22.4 Å². The molecule has 4 heterocycles. The van der Waals surface area contributed by atoms with E-state index in [1.807, 2.05) is 42.6 Å². The number of rotatable bonds is 3. The van der Waals surface area contributed by atoms with E-state index in [2.05, 4.69) is 14.9 Å². The SMILES string of the molecule is O=c1c(CN2CCc3nc(-c4cccnc4)ncc3C2)coc2ccccc12. The van der Waals surface area contributed by atoms with Crippen LogP contribution in [0.1, 0.15) is 16.8 Å². The molecule has 6 nitrogen and oxygen atoms in total. The van der Waals surface area contributed by atoms with E-state index in [9.17, 15) is 4.79 Å². The van der Waals surface area contributed by atoms with Gasteiger partial charge in [-0.15, -0.1) is 0 Å². The predicted molar refractivity (Wildman–Crippen MR) is 106 cm³/mol. The molecule has 1 aromatic carbocycles. The van der Waals surface area contributed by atoms with E-state index >= 15 is 0 Å². The van der Waals surface area contributed by atoms with Crippen LogP contribution in [-0.4, -0.2) is 26.4 Å². The van der Waals surface area contributed by atoms with E-state index in [0.29, 0.717) is 28.9 Å². The Kier molecular flexibility index (Phi) is 4.18. The molecule has 0 fully saturated rings. The van der Waals surface area contributed by atoms with E-state index in [4.69, 9.17) is 9.40 Å². The summed E-state index contributed by atoms with van der Waals surface area (Å²) in [6.45, 7) is 2.11. The Balaban J connectivity index is 1.38. The molecule has 3 aromatic heterocycles. The lowest BCUT2D eigenvalue weighted by atomic mass is 10.1. The minimum Gasteiger partial charge on any atom is -0.464 e. The molecule has 1 aliphatic rings. The number of fused-ring (bicyclic) bond motifs is 2. The molecule has 0 bridgehead atoms. The quantitative estimate of drug-likeness (QED) is 0.551. The van der Waals surface area contributed by atoms with Crippen LogP contribution in [0, 0.1) is 0 Å². The molecule has 0 spiro atoms. The Morgan fingerprint density at radius 2 is 2.04 bits per heavy atom. The molecular formula is C22H18N4O2. The lowest BCUT2D eigenvalue weighted by Gasteiger charge is -2.27. The van der Waals surface area contributed by atoms with E-state index in [0.717, 1.165) is 36.3 Å². The van der Waals surface area contributed by atoms with Crippen LogP contribution >= 0.6 is 0 Å². The van der Waals surface area contributed by atoms with Crippen molar-refractivity contribution in [1.29, 1.82) is 0 Å². The topological polar surface area (TPSA) is 72.1 Å². The van der Waals surface area contributed by atoms with Crippen molar-refractivity contribution >= 4 is 11.0 Å². The summed E-state index contributed by atoms with van der Waals surface area (Å²) in [5.74, 6) is 0.704. The molecule has 0 saturated heterocycles. The third kappa shape index (κ3) is 3.08. The summed E-state index contributed by atoms with van der Waals surface area (Å²) < 4.78 is 5.64. The second-order valence-corrected chi connectivity index (χ2v) is 6.95. The first-order valence-corrected chi connectivity index (χ1v) is 9.25. The van der Waals surface area contributed by atoms with Crippen LogP contribution in [0.2, 0.25) is 0 Å². The molecule has 1 aliphatic heterocycles. The van der Waals surface area contributed by atoms with Crippen molar-refractivity contribution in [2.45, 2.75) is 19.5 Å². The Hall–Kier alpha value is -3.38. The molecule has 0 radical (unpaired) electrons. The first-order chi connectivity index (χ1) is 13.8. The lowest BCUT2D eigenvalue weighted by Crippen LogP contribution is -2.32. The maximum atomic E-state index is 12.7. The number of hydrogen-bond acceptors (Lipinski definition) is 6. The van der Waals surface area contributed by atoms with Gasteiger partial charge in [0.15, 0.2) is 11.3 Å². The Morgan fingerprint density at radius 3 is 2.93 bits per heavy atom. The molecule has 138 valence electrons. The van der Waals surface area contributed by atoms with Crippen molar-refractivity contribution in [2.24, 2.45) is 0 Å². The highest BCUT2D eigenvalue weighted by Crippen LogP contribution is 2.21. The van der Waals surface area contributed by atoms with Gasteiger partial charge >= 0.3 is 0 Å². The second-order valence-electron chi connectivity index (χ2n) is 6.95. The van der Waals surface area contributed by atoms with Gasteiger partial charge in [-0.25, -0.2) is 9.97 Å². The molecular weight excluding hydrogens is 352 g/mol. The predicted octanol–water partition coefficient (Wildman–Crippen LogP) is 3.20. The third-order valence-electron chi connectivity index (χ3n) is 5.08. The number of nitrogens with zero attached hydrogens (tertiary/aromatic N) is 4. The monoisotopic (exact) mass is 370 g/mol. The summed E-state index contributed by atoms with van der Waals surface area (Å²) >= 11 is 0. The van der Waals surface area contributed by atoms with Crippen molar-refractivity contribution in [3.8, 4) is 11.4 Å². The summed E-state index contributed by atoms with van der Waals surface area (Å²) in [7, 11) is 0. The van der Waals surface area contributed by atoms with E-state index in [-0.39, 0.29) is 5.43 Å². The zero-order chi connectivity index (χ0) is 18.9. The number of aromatic nitrogens is 3. The summed E-state index contributed by atoms with van der Waals surface area (Å²) in [6.07, 6.45) is 7.81. The van der Waals surface area contributed by atoms with Gasteiger partial charge in [-0.05, 0) is 24.3 Å². The summed E-state index contributed by atoms with van der Waals surface area (Å²) in [6, 6.07) is 11.2. The second kappa shape index (κ2) is 6.98. The van der Waals surface area contributed by atoms with Crippen molar-refractivity contribution in [2.75, 3.05) is 6.54 Å². The van der Waals surface area contributed by atoms with Crippen molar-refractivity contribution < 1.29 is 4.42 Å². The lowest BCUT2D eigenvalue weighted by molar-refractivity contribution is 0.240. The van der Waals surface area contributed by atoms with Gasteiger partial charge in [0.2, 0.25) is 0 Å². The van der Waals surface area contributed by atoms with Gasteiger partial charge in [0.05, 0.1) is 17.3 Å². The normalized spacial score (nSPS) is 14.1. The number of benzene rings is 1. The van der Waals surface area contributed by atoms with Crippen LogP contribution in [0.4, 0.5) is 0 Å². The first-order valence-electron chi connectivity index (χ1n) is 9.25. The molecule has 4 aromatic rings. The van der Waals surface area contributed by atoms with E-state index in [1.54, 1.807) is 18.7 Å². The van der Waals surface area contributed by atoms with Crippen LogP contribution in [0.3, 0.4) is 0 Å². The Labute approximate surface area is 161 Å². The zero-order valence-corrected chi connectivity index (χ0v) is 15.2. The highest BCUT2D eigenvalue weighted by molar-refractivity contribution is 5.76.